The Hall–Kier alpha value is -1.47. The van der Waals surface area contributed by atoms with Gasteiger partial charge in [-0.2, -0.15) is 13.2 Å². The zero-order valence-corrected chi connectivity index (χ0v) is 10.1. The molecule has 1 saturated heterocycles. The largest absolute Gasteiger partial charge is 0.481 e. The molecule has 0 radical (unpaired) electrons. The first-order valence-corrected chi connectivity index (χ1v) is 6.14. The lowest BCUT2D eigenvalue weighted by Gasteiger charge is -2.25. The van der Waals surface area contributed by atoms with Gasteiger partial charge in [-0.1, -0.05) is 0 Å². The summed E-state index contributed by atoms with van der Waals surface area (Å²) in [5.41, 5.74) is 0. The van der Waals surface area contributed by atoms with Gasteiger partial charge in [-0.3, -0.25) is 4.79 Å². The van der Waals surface area contributed by atoms with E-state index in [9.17, 15) is 22.8 Å². The van der Waals surface area contributed by atoms with Crippen LogP contribution in [0, 0.1) is 11.8 Å². The minimum absolute atomic E-state index is 0.0313. The smallest absolute Gasteiger partial charge is 0.408 e. The normalized spacial score (nSPS) is 25.2. The van der Waals surface area contributed by atoms with Crippen LogP contribution >= 0.6 is 0 Å². The van der Waals surface area contributed by atoms with Crippen molar-refractivity contribution in [2.75, 3.05) is 13.1 Å². The molecule has 2 fully saturated rings. The fourth-order valence-electron chi connectivity index (χ4n) is 2.27. The number of carbonyl (C=O) groups is 2. The van der Waals surface area contributed by atoms with Gasteiger partial charge in [0.2, 0.25) is 0 Å². The molecule has 8 heteroatoms. The number of urea groups is 1. The van der Waals surface area contributed by atoms with Gasteiger partial charge >= 0.3 is 18.2 Å². The second-order valence-electron chi connectivity index (χ2n) is 5.08. The van der Waals surface area contributed by atoms with E-state index in [0.29, 0.717) is 12.8 Å². The number of aliphatic carboxylic acids is 1. The number of nitrogens with one attached hydrogen (secondary N) is 1. The van der Waals surface area contributed by atoms with Gasteiger partial charge in [-0.05, 0) is 25.2 Å². The first-order valence-electron chi connectivity index (χ1n) is 6.14. The van der Waals surface area contributed by atoms with Crippen molar-refractivity contribution in [3.8, 4) is 0 Å². The average Bonchev–Trinajstić information content (AvgIpc) is 2.98. The van der Waals surface area contributed by atoms with Crippen molar-refractivity contribution >= 4 is 12.0 Å². The molecule has 108 valence electrons. The van der Waals surface area contributed by atoms with Crippen molar-refractivity contribution in [3.63, 3.8) is 0 Å². The third-order valence-corrected chi connectivity index (χ3v) is 3.55. The molecule has 2 N–H and O–H groups in total. The molecular weight excluding hydrogens is 265 g/mol. The number of alkyl halides is 3. The van der Waals surface area contributed by atoms with Crippen molar-refractivity contribution in [2.24, 2.45) is 11.8 Å². The first kappa shape index (κ1) is 14.0. The van der Waals surface area contributed by atoms with Crippen LogP contribution < -0.4 is 5.32 Å². The molecule has 2 amide bonds. The van der Waals surface area contributed by atoms with Crippen LogP contribution in [0.4, 0.5) is 18.0 Å². The zero-order valence-electron chi connectivity index (χ0n) is 10.1. The lowest BCUT2D eigenvalue weighted by atomic mass is 10.1. The molecule has 0 spiro atoms. The Bertz CT molecular complexity index is 382. The molecule has 1 aliphatic carbocycles. The number of amides is 2. The van der Waals surface area contributed by atoms with Crippen LogP contribution in [0.25, 0.3) is 0 Å². The molecule has 1 heterocycles. The van der Waals surface area contributed by atoms with Crippen LogP contribution in [0.3, 0.4) is 0 Å². The van der Waals surface area contributed by atoms with E-state index in [0.717, 1.165) is 4.90 Å². The average molecular weight is 280 g/mol. The SMILES string of the molecule is O=C(O)C1CCN(C(=O)NC(C2CC2)C(F)(F)F)C1. The van der Waals surface area contributed by atoms with Crippen LogP contribution in [-0.2, 0) is 4.79 Å². The molecule has 5 nitrogen and oxygen atoms in total. The molecule has 19 heavy (non-hydrogen) atoms. The summed E-state index contributed by atoms with van der Waals surface area (Å²) < 4.78 is 38.2. The predicted octanol–water partition coefficient (Wildman–Crippen LogP) is 1.44. The van der Waals surface area contributed by atoms with Crippen LogP contribution in [0.15, 0.2) is 0 Å². The van der Waals surface area contributed by atoms with Crippen LogP contribution in [0.2, 0.25) is 0 Å². The highest BCUT2D eigenvalue weighted by Crippen LogP contribution is 2.40. The number of carboxylic acid groups (broad SMARTS) is 1. The highest BCUT2D eigenvalue weighted by atomic mass is 19.4. The lowest BCUT2D eigenvalue weighted by molar-refractivity contribution is -0.158. The second kappa shape index (κ2) is 4.90. The fourth-order valence-corrected chi connectivity index (χ4v) is 2.27. The van der Waals surface area contributed by atoms with Crippen LogP contribution in [-0.4, -0.2) is 47.3 Å². The van der Waals surface area contributed by atoms with Gasteiger partial charge in [0.1, 0.15) is 6.04 Å². The molecule has 2 atom stereocenters. The second-order valence-corrected chi connectivity index (χ2v) is 5.08. The highest BCUT2D eigenvalue weighted by Gasteiger charge is 2.50. The van der Waals surface area contributed by atoms with Gasteiger partial charge in [-0.25, -0.2) is 4.79 Å². The maximum atomic E-state index is 12.7. The van der Waals surface area contributed by atoms with Crippen molar-refractivity contribution < 1.29 is 27.9 Å². The molecule has 2 unspecified atom stereocenters. The standard InChI is InChI=1S/C11H15F3N2O3/c12-11(13,14)8(6-1-2-6)15-10(19)16-4-3-7(5-16)9(17)18/h6-8H,1-5H2,(H,15,19)(H,17,18). The first-order chi connectivity index (χ1) is 8.79. The number of hydrogen-bond donors (Lipinski definition) is 2. The predicted molar refractivity (Wildman–Crippen MR) is 58.4 cm³/mol. The summed E-state index contributed by atoms with van der Waals surface area (Å²) in [4.78, 5) is 23.6. The van der Waals surface area contributed by atoms with Gasteiger partial charge < -0.3 is 15.3 Å². The molecule has 1 saturated carbocycles. The Morgan fingerprint density at radius 2 is 1.89 bits per heavy atom. The zero-order chi connectivity index (χ0) is 14.2. The molecular formula is C11H15F3N2O3. The van der Waals surface area contributed by atoms with E-state index in [1.165, 1.54) is 0 Å². The minimum atomic E-state index is -4.46. The molecule has 0 aromatic carbocycles. The number of rotatable bonds is 3. The maximum absolute atomic E-state index is 12.7. The molecule has 1 aliphatic heterocycles. The number of likely N-dealkylation sites (tertiary alicyclic amines) is 1. The third kappa shape index (κ3) is 3.30. The van der Waals surface area contributed by atoms with Crippen molar-refractivity contribution in [2.45, 2.75) is 31.5 Å². The van der Waals surface area contributed by atoms with Crippen molar-refractivity contribution in [3.05, 3.63) is 0 Å². The Labute approximate surface area is 107 Å². The van der Waals surface area contributed by atoms with E-state index in [1.807, 2.05) is 5.32 Å². The van der Waals surface area contributed by atoms with E-state index in [4.69, 9.17) is 5.11 Å². The quantitative estimate of drug-likeness (QED) is 0.822. The number of nitrogens with zero attached hydrogens (tertiary/aromatic N) is 1. The van der Waals surface area contributed by atoms with Gasteiger partial charge in [-0.15, -0.1) is 0 Å². The lowest BCUT2D eigenvalue weighted by Crippen LogP contribution is -2.51. The number of carboxylic acids is 1. The summed E-state index contributed by atoms with van der Waals surface area (Å²) in [5, 5.41) is 10.8. The van der Waals surface area contributed by atoms with Crippen molar-refractivity contribution in [1.29, 1.82) is 0 Å². The van der Waals surface area contributed by atoms with Crippen molar-refractivity contribution in [1.82, 2.24) is 10.2 Å². The Morgan fingerprint density at radius 3 is 2.32 bits per heavy atom. The Kier molecular flexibility index (Phi) is 3.60. The Morgan fingerprint density at radius 1 is 1.26 bits per heavy atom. The molecule has 0 bridgehead atoms. The molecule has 0 aromatic rings. The van der Waals surface area contributed by atoms with E-state index in [-0.39, 0.29) is 19.5 Å². The van der Waals surface area contributed by atoms with Gasteiger partial charge in [0.25, 0.3) is 0 Å². The number of carbonyl (C=O) groups excluding carboxylic acids is 1. The minimum Gasteiger partial charge on any atom is -0.481 e. The molecule has 2 aliphatic rings. The van der Waals surface area contributed by atoms with Crippen LogP contribution in [0.5, 0.6) is 0 Å². The summed E-state index contributed by atoms with van der Waals surface area (Å²) in [7, 11) is 0. The molecule has 0 aromatic heterocycles. The van der Waals surface area contributed by atoms with E-state index in [1.54, 1.807) is 0 Å². The van der Waals surface area contributed by atoms with Gasteiger partial charge in [0.15, 0.2) is 0 Å². The molecule has 2 rings (SSSR count). The van der Waals surface area contributed by atoms with Crippen LogP contribution in [0.1, 0.15) is 19.3 Å². The maximum Gasteiger partial charge on any atom is 0.408 e. The van der Waals surface area contributed by atoms with E-state index < -0.39 is 36.1 Å². The monoisotopic (exact) mass is 280 g/mol. The summed E-state index contributed by atoms with van der Waals surface area (Å²) in [6, 6.07) is -2.64. The van der Waals surface area contributed by atoms with E-state index in [2.05, 4.69) is 0 Å². The summed E-state index contributed by atoms with van der Waals surface area (Å²) in [5.74, 6) is -2.25. The van der Waals surface area contributed by atoms with Gasteiger partial charge in [0.05, 0.1) is 5.92 Å². The summed E-state index contributed by atoms with van der Waals surface area (Å²) in [6.45, 7) is 0.147. The third-order valence-electron chi connectivity index (χ3n) is 3.55. The van der Waals surface area contributed by atoms with Gasteiger partial charge in [0, 0.05) is 13.1 Å². The fraction of sp³-hybridized carbons (Fsp3) is 0.818. The highest BCUT2D eigenvalue weighted by molar-refractivity contribution is 5.77. The summed E-state index contributed by atoms with van der Waals surface area (Å²) in [6.07, 6.45) is -3.25. The Balaban J connectivity index is 1.92. The number of halogens is 3. The topological polar surface area (TPSA) is 69.6 Å². The number of hydrogen-bond acceptors (Lipinski definition) is 2. The summed E-state index contributed by atoms with van der Waals surface area (Å²) >= 11 is 0. The van der Waals surface area contributed by atoms with E-state index >= 15 is 0 Å².